The molecule has 2 aromatic heterocycles. The number of ketones is 2. The van der Waals surface area contributed by atoms with E-state index >= 15 is 0 Å². The lowest BCUT2D eigenvalue weighted by Crippen LogP contribution is -2.20. The second kappa shape index (κ2) is 7.61. The maximum absolute atomic E-state index is 12.1. The summed E-state index contributed by atoms with van der Waals surface area (Å²) in [4.78, 5) is 28.5. The van der Waals surface area contributed by atoms with Crippen molar-refractivity contribution in [2.75, 3.05) is 14.2 Å². The zero-order valence-corrected chi connectivity index (χ0v) is 15.5. The third kappa shape index (κ3) is 3.55. The molecule has 1 aliphatic carbocycles. The molecule has 0 bridgehead atoms. The van der Waals surface area contributed by atoms with Crippen molar-refractivity contribution in [3.63, 3.8) is 0 Å². The van der Waals surface area contributed by atoms with Gasteiger partial charge in [0.15, 0.2) is 23.1 Å². The molecule has 0 aromatic carbocycles. The summed E-state index contributed by atoms with van der Waals surface area (Å²) in [6.07, 6.45) is 4.25. The van der Waals surface area contributed by atoms with Gasteiger partial charge in [0, 0.05) is 31.3 Å². The number of ether oxygens (including phenoxy) is 2. The minimum atomic E-state index is -0.327. The molecule has 0 aliphatic heterocycles. The molecule has 0 amide bonds. The largest absolute Gasteiger partial charge is 0.506 e. The third-order valence-electron chi connectivity index (χ3n) is 4.48. The lowest BCUT2D eigenvalue weighted by Gasteiger charge is -2.13. The van der Waals surface area contributed by atoms with E-state index in [0.717, 1.165) is 0 Å². The first-order valence-corrected chi connectivity index (χ1v) is 8.56. The number of allylic oxidation sites excluding steroid dienone is 1. The number of carbonyl (C=O) groups excluding carboxylic acids is 2. The van der Waals surface area contributed by atoms with E-state index in [-0.39, 0.29) is 42.3 Å². The molecular formula is C19H21N3O5. The Kier molecular flexibility index (Phi) is 5.25. The summed E-state index contributed by atoms with van der Waals surface area (Å²) in [6.45, 7) is 1.97. The van der Waals surface area contributed by atoms with Crippen LogP contribution in [0.2, 0.25) is 0 Å². The molecule has 27 heavy (non-hydrogen) atoms. The fourth-order valence-electron chi connectivity index (χ4n) is 3.16. The summed E-state index contributed by atoms with van der Waals surface area (Å²) in [5.74, 6) is 0.0861. The Labute approximate surface area is 156 Å². The van der Waals surface area contributed by atoms with Crippen LogP contribution >= 0.6 is 0 Å². The van der Waals surface area contributed by atoms with E-state index in [1.807, 2.05) is 0 Å². The second-order valence-electron chi connectivity index (χ2n) is 6.24. The highest BCUT2D eigenvalue weighted by molar-refractivity contribution is 6.25. The number of pyridine rings is 1. The topological polar surface area (TPSA) is 104 Å². The highest BCUT2D eigenvalue weighted by Crippen LogP contribution is 2.30. The van der Waals surface area contributed by atoms with Crippen molar-refractivity contribution < 1.29 is 24.2 Å². The van der Waals surface area contributed by atoms with Gasteiger partial charge >= 0.3 is 0 Å². The summed E-state index contributed by atoms with van der Waals surface area (Å²) < 4.78 is 12.2. The van der Waals surface area contributed by atoms with Gasteiger partial charge in [-0.3, -0.25) is 19.3 Å². The van der Waals surface area contributed by atoms with Gasteiger partial charge in [-0.1, -0.05) is 0 Å². The first-order chi connectivity index (χ1) is 13.0. The van der Waals surface area contributed by atoms with Crippen LogP contribution in [0.3, 0.4) is 0 Å². The van der Waals surface area contributed by atoms with E-state index in [4.69, 9.17) is 9.47 Å². The van der Waals surface area contributed by atoms with Gasteiger partial charge in [0.2, 0.25) is 0 Å². The molecule has 2 aromatic rings. The first kappa shape index (κ1) is 18.6. The van der Waals surface area contributed by atoms with Gasteiger partial charge in [0.1, 0.15) is 17.0 Å². The number of methoxy groups -OCH3 is 2. The van der Waals surface area contributed by atoms with Crippen molar-refractivity contribution in [1.82, 2.24) is 14.8 Å². The molecule has 1 aliphatic rings. The van der Waals surface area contributed by atoms with Gasteiger partial charge in [-0.25, -0.2) is 0 Å². The molecule has 0 unspecified atom stereocenters. The SMILES string of the molecule is COc1ccnc(Cn2cc(C(O)=C3C(=O)CCCC3=O)c(C)n2)c1OC. The zero-order valence-electron chi connectivity index (χ0n) is 15.5. The fourth-order valence-corrected chi connectivity index (χ4v) is 3.16. The lowest BCUT2D eigenvalue weighted by atomic mass is 9.90. The van der Waals surface area contributed by atoms with Crippen molar-refractivity contribution in [1.29, 1.82) is 0 Å². The van der Waals surface area contributed by atoms with Crippen LogP contribution in [0.25, 0.3) is 5.76 Å². The summed E-state index contributed by atoms with van der Waals surface area (Å²) in [5, 5.41) is 14.9. The number of aromatic nitrogens is 3. The Morgan fingerprint density at radius 1 is 1.22 bits per heavy atom. The molecule has 3 rings (SSSR count). The van der Waals surface area contributed by atoms with Gasteiger partial charge in [-0.05, 0) is 13.3 Å². The number of carbonyl (C=O) groups is 2. The molecule has 1 saturated carbocycles. The van der Waals surface area contributed by atoms with Crippen LogP contribution < -0.4 is 9.47 Å². The highest BCUT2D eigenvalue weighted by atomic mass is 16.5. The highest BCUT2D eigenvalue weighted by Gasteiger charge is 2.29. The Morgan fingerprint density at radius 3 is 2.56 bits per heavy atom. The maximum atomic E-state index is 12.1. The van der Waals surface area contributed by atoms with Crippen LogP contribution in [0.4, 0.5) is 0 Å². The van der Waals surface area contributed by atoms with Crippen LogP contribution in [0.5, 0.6) is 11.5 Å². The fraction of sp³-hybridized carbons (Fsp3) is 0.368. The molecule has 1 N–H and O–H groups in total. The van der Waals surface area contributed by atoms with E-state index in [1.165, 1.54) is 7.11 Å². The molecule has 142 valence electrons. The van der Waals surface area contributed by atoms with Crippen LogP contribution in [-0.4, -0.2) is 45.7 Å². The molecule has 0 radical (unpaired) electrons. The monoisotopic (exact) mass is 371 g/mol. The van der Waals surface area contributed by atoms with Gasteiger partial charge in [-0.15, -0.1) is 0 Å². The molecule has 2 heterocycles. The van der Waals surface area contributed by atoms with E-state index in [0.29, 0.717) is 34.9 Å². The van der Waals surface area contributed by atoms with Gasteiger partial charge in [0.05, 0.1) is 32.0 Å². The molecule has 8 heteroatoms. The van der Waals surface area contributed by atoms with E-state index < -0.39 is 0 Å². The average Bonchev–Trinajstić information content (AvgIpc) is 3.01. The zero-order chi connectivity index (χ0) is 19.6. The molecular weight excluding hydrogens is 350 g/mol. The van der Waals surface area contributed by atoms with Crippen LogP contribution in [-0.2, 0) is 16.1 Å². The first-order valence-electron chi connectivity index (χ1n) is 8.56. The Bertz CT molecular complexity index is 911. The lowest BCUT2D eigenvalue weighted by molar-refractivity contribution is -0.123. The van der Waals surface area contributed by atoms with E-state index in [9.17, 15) is 14.7 Å². The summed E-state index contributed by atoms with van der Waals surface area (Å²) >= 11 is 0. The summed E-state index contributed by atoms with van der Waals surface area (Å²) in [6, 6.07) is 1.69. The van der Waals surface area contributed by atoms with Crippen LogP contribution in [0.15, 0.2) is 24.0 Å². The van der Waals surface area contributed by atoms with Crippen molar-refractivity contribution in [2.24, 2.45) is 0 Å². The number of hydrogen-bond donors (Lipinski definition) is 1. The van der Waals surface area contributed by atoms with Crippen molar-refractivity contribution in [3.8, 4) is 11.5 Å². The molecule has 0 saturated heterocycles. The number of aliphatic hydroxyl groups excluding tert-OH is 1. The minimum Gasteiger partial charge on any atom is -0.506 e. The number of nitrogens with zero attached hydrogens (tertiary/aromatic N) is 3. The Morgan fingerprint density at radius 2 is 1.93 bits per heavy atom. The van der Waals surface area contributed by atoms with Gasteiger partial charge in [-0.2, -0.15) is 5.10 Å². The number of rotatable bonds is 5. The van der Waals surface area contributed by atoms with E-state index in [1.54, 1.807) is 37.2 Å². The Balaban J connectivity index is 1.96. The van der Waals surface area contributed by atoms with Crippen molar-refractivity contribution >= 4 is 17.3 Å². The standard InChI is InChI=1S/C19H21N3O5/c1-11-12(18(25)17-14(23)5-4-6-15(17)24)9-22(21-11)10-13-19(27-3)16(26-2)7-8-20-13/h7-9,25H,4-6,10H2,1-3H3. The van der Waals surface area contributed by atoms with Crippen LogP contribution in [0, 0.1) is 6.92 Å². The van der Waals surface area contributed by atoms with E-state index in [2.05, 4.69) is 10.1 Å². The predicted octanol–water partition coefficient (Wildman–Crippen LogP) is 2.24. The number of Topliss-reactive ketones (excluding diaryl/α,β-unsaturated/α-hetero) is 2. The van der Waals surface area contributed by atoms with Crippen molar-refractivity contribution in [2.45, 2.75) is 32.7 Å². The Hall–Kier alpha value is -3.16. The van der Waals surface area contributed by atoms with Gasteiger partial charge in [0.25, 0.3) is 0 Å². The summed E-state index contributed by atoms with van der Waals surface area (Å²) in [5.41, 5.74) is 1.34. The van der Waals surface area contributed by atoms with Gasteiger partial charge < -0.3 is 14.6 Å². The average molecular weight is 371 g/mol. The molecule has 8 nitrogen and oxygen atoms in total. The van der Waals surface area contributed by atoms with Crippen LogP contribution in [0.1, 0.15) is 36.2 Å². The molecule has 0 spiro atoms. The second-order valence-corrected chi connectivity index (χ2v) is 6.24. The normalized spacial score (nSPS) is 14.4. The minimum absolute atomic E-state index is 0.124. The third-order valence-corrected chi connectivity index (χ3v) is 4.48. The smallest absolute Gasteiger partial charge is 0.184 e. The summed E-state index contributed by atoms with van der Waals surface area (Å²) in [7, 11) is 3.07. The molecule has 0 atom stereocenters. The maximum Gasteiger partial charge on any atom is 0.184 e. The molecule has 1 fully saturated rings. The number of hydrogen-bond acceptors (Lipinski definition) is 7. The van der Waals surface area contributed by atoms with Crippen molar-refractivity contribution in [3.05, 3.63) is 41.0 Å². The number of aryl methyl sites for hydroxylation is 1. The predicted molar refractivity (Wildman–Crippen MR) is 96.8 cm³/mol. The quantitative estimate of drug-likeness (QED) is 0.488. The number of aliphatic hydroxyl groups is 1.